The molecule has 0 atom stereocenters. The van der Waals surface area contributed by atoms with Gasteiger partial charge < -0.3 is 20.1 Å². The molecule has 27 heavy (non-hydrogen) atoms. The Labute approximate surface area is 181 Å². The fourth-order valence-electron chi connectivity index (χ4n) is 2.45. The predicted octanol–water partition coefficient (Wildman–Crippen LogP) is 4.41. The molecule has 0 bridgehead atoms. The van der Waals surface area contributed by atoms with Crippen LogP contribution in [-0.2, 0) is 12.0 Å². The number of rotatable bonds is 3. The first-order valence-electron chi connectivity index (χ1n) is 8.78. The number of guanidine groups is 1. The van der Waals surface area contributed by atoms with Crippen molar-refractivity contribution in [1.82, 2.24) is 10.3 Å². The highest BCUT2D eigenvalue weighted by molar-refractivity contribution is 14.0. The lowest BCUT2D eigenvalue weighted by molar-refractivity contribution is 0.297. The molecule has 148 valence electrons. The minimum absolute atomic E-state index is 0. The number of halogens is 1. The molecule has 2 aromatic rings. The number of hydrogen-bond acceptors (Lipinski definition) is 5. The number of fused-ring (bicyclic) bond motifs is 1. The highest BCUT2D eigenvalue weighted by atomic mass is 127. The molecule has 0 saturated heterocycles. The second-order valence-corrected chi connectivity index (χ2v) is 8.08. The fraction of sp³-hybridized carbons (Fsp3) is 0.474. The Bertz CT molecular complexity index is 786. The Morgan fingerprint density at radius 1 is 1.22 bits per heavy atom. The van der Waals surface area contributed by atoms with Crippen molar-refractivity contribution in [2.45, 2.75) is 39.2 Å². The van der Waals surface area contributed by atoms with Gasteiger partial charge in [0, 0.05) is 36.0 Å². The van der Waals surface area contributed by atoms with E-state index in [4.69, 9.17) is 14.5 Å². The third kappa shape index (κ3) is 5.97. The first-order chi connectivity index (χ1) is 12.5. The van der Waals surface area contributed by atoms with Crippen molar-refractivity contribution in [3.63, 3.8) is 0 Å². The van der Waals surface area contributed by atoms with Crippen LogP contribution in [0.2, 0.25) is 0 Å². The van der Waals surface area contributed by atoms with E-state index in [1.165, 1.54) is 0 Å². The zero-order valence-corrected chi connectivity index (χ0v) is 19.3. The monoisotopic (exact) mass is 502 g/mol. The second kappa shape index (κ2) is 9.59. The summed E-state index contributed by atoms with van der Waals surface area (Å²) in [5.41, 5.74) is 2.08. The third-order valence-electron chi connectivity index (χ3n) is 3.96. The molecule has 0 amide bonds. The van der Waals surface area contributed by atoms with Gasteiger partial charge in [0.25, 0.3) is 0 Å². The van der Waals surface area contributed by atoms with Crippen molar-refractivity contribution < 1.29 is 9.47 Å². The van der Waals surface area contributed by atoms with Crippen LogP contribution in [-0.4, -0.2) is 31.2 Å². The molecule has 0 spiro atoms. The first kappa shape index (κ1) is 21.7. The van der Waals surface area contributed by atoms with E-state index in [2.05, 4.69) is 41.8 Å². The largest absolute Gasteiger partial charge is 0.490 e. The Morgan fingerprint density at radius 3 is 2.63 bits per heavy atom. The summed E-state index contributed by atoms with van der Waals surface area (Å²) in [6.45, 7) is 8.50. The second-order valence-electron chi connectivity index (χ2n) is 7.14. The molecule has 6 nitrogen and oxygen atoms in total. The van der Waals surface area contributed by atoms with Gasteiger partial charge >= 0.3 is 0 Å². The molecule has 0 aliphatic carbocycles. The number of aliphatic imine (C=N–C) groups is 1. The number of hydrogen-bond donors (Lipinski definition) is 2. The van der Waals surface area contributed by atoms with E-state index in [0.717, 1.165) is 34.3 Å². The maximum atomic E-state index is 5.73. The van der Waals surface area contributed by atoms with Crippen molar-refractivity contribution in [1.29, 1.82) is 0 Å². The van der Waals surface area contributed by atoms with Crippen LogP contribution in [0.5, 0.6) is 11.5 Å². The van der Waals surface area contributed by atoms with E-state index in [0.29, 0.717) is 25.7 Å². The molecule has 8 heteroatoms. The van der Waals surface area contributed by atoms with Gasteiger partial charge in [0.2, 0.25) is 0 Å². The van der Waals surface area contributed by atoms with Crippen LogP contribution in [0.4, 0.5) is 5.69 Å². The normalized spacial score (nSPS) is 14.1. The van der Waals surface area contributed by atoms with E-state index >= 15 is 0 Å². The average molecular weight is 502 g/mol. The van der Waals surface area contributed by atoms with Crippen LogP contribution in [0.1, 0.15) is 37.9 Å². The molecule has 2 heterocycles. The van der Waals surface area contributed by atoms with Gasteiger partial charge in [0.1, 0.15) is 5.01 Å². The molecule has 1 aromatic carbocycles. The first-order valence-corrected chi connectivity index (χ1v) is 9.66. The van der Waals surface area contributed by atoms with E-state index in [1.54, 1.807) is 18.4 Å². The van der Waals surface area contributed by atoms with Gasteiger partial charge in [-0.15, -0.1) is 35.3 Å². The Morgan fingerprint density at radius 2 is 1.96 bits per heavy atom. The van der Waals surface area contributed by atoms with Crippen LogP contribution >= 0.6 is 35.3 Å². The van der Waals surface area contributed by atoms with Gasteiger partial charge in [-0.3, -0.25) is 4.99 Å². The van der Waals surface area contributed by atoms with Crippen molar-refractivity contribution in [2.24, 2.45) is 4.99 Å². The average Bonchev–Trinajstić information content (AvgIpc) is 2.97. The molecule has 1 aliphatic rings. The summed E-state index contributed by atoms with van der Waals surface area (Å²) in [4.78, 5) is 8.98. The van der Waals surface area contributed by atoms with Gasteiger partial charge in [0.05, 0.1) is 25.5 Å². The van der Waals surface area contributed by atoms with Crippen molar-refractivity contribution >= 4 is 47.0 Å². The van der Waals surface area contributed by atoms with E-state index in [1.807, 2.05) is 18.2 Å². The van der Waals surface area contributed by atoms with Crippen LogP contribution in [0.15, 0.2) is 28.6 Å². The van der Waals surface area contributed by atoms with E-state index in [-0.39, 0.29) is 29.4 Å². The third-order valence-corrected chi connectivity index (χ3v) is 4.81. The van der Waals surface area contributed by atoms with Crippen molar-refractivity contribution in [2.75, 3.05) is 25.6 Å². The van der Waals surface area contributed by atoms with Crippen molar-refractivity contribution in [3.05, 3.63) is 34.3 Å². The van der Waals surface area contributed by atoms with E-state index in [9.17, 15) is 0 Å². The summed E-state index contributed by atoms with van der Waals surface area (Å²) in [7, 11) is 1.75. The standard InChI is InChI=1S/C19H26N4O2S.HI/c1-19(2,3)16-12-26-17(23-16)11-21-18(20-4)22-13-6-7-14-15(10-13)25-9-5-8-24-14;/h6-7,10,12H,5,8-9,11H2,1-4H3,(H2,20,21,22);1H. The van der Waals surface area contributed by atoms with Gasteiger partial charge in [0.15, 0.2) is 17.5 Å². The fourth-order valence-corrected chi connectivity index (χ4v) is 3.41. The minimum Gasteiger partial charge on any atom is -0.490 e. The Balaban J connectivity index is 0.00000261. The number of nitrogens with zero attached hydrogens (tertiary/aromatic N) is 2. The molecule has 1 aliphatic heterocycles. The van der Waals surface area contributed by atoms with Crippen LogP contribution in [0, 0.1) is 0 Å². The SMILES string of the molecule is CN=C(NCc1nc(C(C)(C)C)cs1)Nc1ccc2c(c1)OCCCO2.I. The summed E-state index contributed by atoms with van der Waals surface area (Å²) in [5, 5.41) is 9.75. The summed E-state index contributed by atoms with van der Waals surface area (Å²) >= 11 is 1.66. The molecule has 0 saturated carbocycles. The highest BCUT2D eigenvalue weighted by Gasteiger charge is 2.17. The number of thiazole rings is 1. The number of nitrogens with one attached hydrogen (secondary N) is 2. The van der Waals surface area contributed by atoms with Gasteiger partial charge in [-0.05, 0) is 12.1 Å². The van der Waals surface area contributed by atoms with E-state index < -0.39 is 0 Å². The number of benzene rings is 1. The lowest BCUT2D eigenvalue weighted by Gasteiger charge is -2.15. The molecule has 0 fully saturated rings. The van der Waals surface area contributed by atoms with Crippen LogP contribution in [0.25, 0.3) is 0 Å². The van der Waals surface area contributed by atoms with Crippen LogP contribution in [0.3, 0.4) is 0 Å². The Hall–Kier alpha value is -1.55. The quantitative estimate of drug-likeness (QED) is 0.370. The minimum atomic E-state index is 0. The predicted molar refractivity (Wildman–Crippen MR) is 122 cm³/mol. The molecule has 0 radical (unpaired) electrons. The van der Waals surface area contributed by atoms with Crippen molar-refractivity contribution in [3.8, 4) is 11.5 Å². The maximum absolute atomic E-state index is 5.73. The summed E-state index contributed by atoms with van der Waals surface area (Å²) in [5.74, 6) is 2.23. The number of anilines is 1. The highest BCUT2D eigenvalue weighted by Crippen LogP contribution is 2.32. The van der Waals surface area contributed by atoms with Gasteiger partial charge in [-0.1, -0.05) is 20.8 Å². The molecular weight excluding hydrogens is 475 g/mol. The summed E-state index contributed by atoms with van der Waals surface area (Å²) in [6, 6.07) is 5.82. The maximum Gasteiger partial charge on any atom is 0.195 e. The zero-order chi connectivity index (χ0) is 18.6. The molecular formula is C19H27IN4O2S. The number of ether oxygens (including phenoxy) is 2. The smallest absolute Gasteiger partial charge is 0.195 e. The molecule has 3 rings (SSSR count). The Kier molecular flexibility index (Phi) is 7.72. The molecule has 2 N–H and O–H groups in total. The van der Waals surface area contributed by atoms with Gasteiger partial charge in [-0.2, -0.15) is 0 Å². The lowest BCUT2D eigenvalue weighted by atomic mass is 9.93. The lowest BCUT2D eigenvalue weighted by Crippen LogP contribution is -2.30. The number of aromatic nitrogens is 1. The summed E-state index contributed by atoms with van der Waals surface area (Å²) < 4.78 is 11.4. The molecule has 1 aromatic heterocycles. The van der Waals surface area contributed by atoms with Gasteiger partial charge in [-0.25, -0.2) is 4.98 Å². The zero-order valence-electron chi connectivity index (χ0n) is 16.2. The van der Waals surface area contributed by atoms with Crippen LogP contribution < -0.4 is 20.1 Å². The molecule has 0 unspecified atom stereocenters. The topological polar surface area (TPSA) is 67.8 Å². The summed E-state index contributed by atoms with van der Waals surface area (Å²) in [6.07, 6.45) is 0.894.